The molecule has 66 valence electrons. The summed E-state index contributed by atoms with van der Waals surface area (Å²) in [5.41, 5.74) is 1.11. The third-order valence-electron chi connectivity index (χ3n) is 1.67. The maximum absolute atomic E-state index is 4.19. The van der Waals surface area contributed by atoms with E-state index in [4.69, 9.17) is 0 Å². The zero-order chi connectivity index (χ0) is 9.10. The number of pyridine rings is 1. The van der Waals surface area contributed by atoms with E-state index < -0.39 is 0 Å². The molecule has 1 N–H and O–H groups in total. The van der Waals surface area contributed by atoms with Gasteiger partial charge in [-0.25, -0.2) is 4.98 Å². The van der Waals surface area contributed by atoms with Crippen LogP contribution in [0.25, 0.3) is 10.4 Å². The molecule has 13 heavy (non-hydrogen) atoms. The van der Waals surface area contributed by atoms with Gasteiger partial charge in [-0.15, -0.1) is 0 Å². The van der Waals surface area contributed by atoms with Crippen LogP contribution in [0, 0.1) is 0 Å². The van der Waals surface area contributed by atoms with Crippen molar-refractivity contribution in [3.63, 3.8) is 0 Å². The first-order chi connectivity index (χ1) is 6.40. The molecule has 0 aliphatic carbocycles. The molecule has 4 heteroatoms. The van der Waals surface area contributed by atoms with E-state index >= 15 is 0 Å². The Morgan fingerprint density at radius 1 is 1.38 bits per heavy atom. The van der Waals surface area contributed by atoms with Crippen LogP contribution < -0.4 is 5.32 Å². The molecule has 0 amide bonds. The Morgan fingerprint density at radius 2 is 2.31 bits per heavy atom. The molecule has 2 aromatic heterocycles. The van der Waals surface area contributed by atoms with Gasteiger partial charge in [-0.1, -0.05) is 17.4 Å². The topological polar surface area (TPSA) is 37.8 Å². The molecule has 0 unspecified atom stereocenters. The third-order valence-corrected chi connectivity index (χ3v) is 2.73. The second-order valence-corrected chi connectivity index (χ2v) is 3.55. The predicted molar refractivity (Wildman–Crippen MR) is 54.9 cm³/mol. The lowest BCUT2D eigenvalue weighted by molar-refractivity contribution is 1.33. The lowest BCUT2D eigenvalue weighted by Crippen LogP contribution is -1.83. The van der Waals surface area contributed by atoms with Crippen molar-refractivity contribution in [3.8, 4) is 10.4 Å². The second-order valence-electron chi connectivity index (χ2n) is 2.52. The molecule has 0 radical (unpaired) electrons. The average molecular weight is 191 g/mol. The van der Waals surface area contributed by atoms with Gasteiger partial charge in [-0.2, -0.15) is 0 Å². The number of nitrogens with zero attached hydrogens (tertiary/aromatic N) is 2. The number of rotatable bonds is 2. The molecule has 0 saturated heterocycles. The monoisotopic (exact) mass is 191 g/mol. The van der Waals surface area contributed by atoms with E-state index in [1.807, 2.05) is 31.6 Å². The van der Waals surface area contributed by atoms with Gasteiger partial charge in [0.25, 0.3) is 0 Å². The summed E-state index contributed by atoms with van der Waals surface area (Å²) in [6, 6.07) is 3.95. The predicted octanol–water partition coefficient (Wildman–Crippen LogP) is 2.25. The summed E-state index contributed by atoms with van der Waals surface area (Å²) in [7, 11) is 1.87. The minimum Gasteiger partial charge on any atom is -0.365 e. The highest BCUT2D eigenvalue weighted by Gasteiger charge is 2.01. The normalized spacial score (nSPS) is 9.92. The van der Waals surface area contributed by atoms with Crippen molar-refractivity contribution in [1.82, 2.24) is 9.97 Å². The highest BCUT2D eigenvalue weighted by atomic mass is 32.1. The Labute approximate surface area is 80.5 Å². The van der Waals surface area contributed by atoms with Gasteiger partial charge in [0.15, 0.2) is 5.13 Å². The van der Waals surface area contributed by atoms with Crippen LogP contribution in [-0.4, -0.2) is 17.0 Å². The first-order valence-electron chi connectivity index (χ1n) is 3.94. The van der Waals surface area contributed by atoms with Crippen LogP contribution in [0.4, 0.5) is 5.13 Å². The quantitative estimate of drug-likeness (QED) is 0.791. The maximum atomic E-state index is 4.19. The van der Waals surface area contributed by atoms with Crippen molar-refractivity contribution in [2.75, 3.05) is 12.4 Å². The summed E-state index contributed by atoms with van der Waals surface area (Å²) < 4.78 is 0. The van der Waals surface area contributed by atoms with Crippen molar-refractivity contribution >= 4 is 16.5 Å². The molecule has 2 aromatic rings. The van der Waals surface area contributed by atoms with Gasteiger partial charge < -0.3 is 5.32 Å². The molecule has 0 aliphatic rings. The molecule has 3 nitrogen and oxygen atoms in total. The summed E-state index contributed by atoms with van der Waals surface area (Å²) in [6.45, 7) is 0. The van der Waals surface area contributed by atoms with E-state index in [1.165, 1.54) is 0 Å². The van der Waals surface area contributed by atoms with Gasteiger partial charge in [-0.05, 0) is 6.07 Å². The van der Waals surface area contributed by atoms with Gasteiger partial charge in [0, 0.05) is 31.2 Å². The number of aromatic nitrogens is 2. The third kappa shape index (κ3) is 1.67. The van der Waals surface area contributed by atoms with Crippen LogP contribution in [0.2, 0.25) is 0 Å². The average Bonchev–Trinajstić information content (AvgIpc) is 2.67. The number of nitrogens with one attached hydrogen (secondary N) is 1. The molecule has 2 heterocycles. The Kier molecular flexibility index (Phi) is 2.23. The summed E-state index contributed by atoms with van der Waals surface area (Å²) in [5.74, 6) is 0. The Bertz CT molecular complexity index is 383. The Balaban J connectivity index is 2.36. The molecule has 0 fully saturated rings. The molecular formula is C9H9N3S. The van der Waals surface area contributed by atoms with Crippen molar-refractivity contribution in [2.24, 2.45) is 0 Å². The molecular weight excluding hydrogens is 182 g/mol. The van der Waals surface area contributed by atoms with Gasteiger partial charge >= 0.3 is 0 Å². The first kappa shape index (κ1) is 8.19. The van der Waals surface area contributed by atoms with Crippen LogP contribution >= 0.6 is 11.3 Å². The fraction of sp³-hybridized carbons (Fsp3) is 0.111. The lowest BCUT2D eigenvalue weighted by atomic mass is 10.3. The van der Waals surface area contributed by atoms with Crippen molar-refractivity contribution in [1.29, 1.82) is 0 Å². The summed E-state index contributed by atoms with van der Waals surface area (Å²) in [6.07, 6.45) is 5.46. The van der Waals surface area contributed by atoms with Crippen LogP contribution in [0.5, 0.6) is 0 Å². The number of thiazole rings is 1. The summed E-state index contributed by atoms with van der Waals surface area (Å²) in [4.78, 5) is 9.38. The van der Waals surface area contributed by atoms with Crippen LogP contribution in [0.3, 0.4) is 0 Å². The van der Waals surface area contributed by atoms with Crippen molar-refractivity contribution < 1.29 is 0 Å². The van der Waals surface area contributed by atoms with Gasteiger partial charge in [0.2, 0.25) is 0 Å². The van der Waals surface area contributed by atoms with E-state index in [2.05, 4.69) is 15.3 Å². The zero-order valence-corrected chi connectivity index (χ0v) is 8.01. The molecule has 0 spiro atoms. The first-order valence-corrected chi connectivity index (χ1v) is 4.76. The van der Waals surface area contributed by atoms with Crippen LogP contribution in [0.1, 0.15) is 0 Å². The fourth-order valence-electron chi connectivity index (χ4n) is 1.03. The molecule has 0 aliphatic heterocycles. The van der Waals surface area contributed by atoms with Gasteiger partial charge in [-0.3, -0.25) is 4.98 Å². The number of hydrogen-bond acceptors (Lipinski definition) is 4. The highest BCUT2D eigenvalue weighted by Crippen LogP contribution is 2.27. The Morgan fingerprint density at radius 3 is 2.92 bits per heavy atom. The standard InChI is InChI=1S/C9H9N3S/c1-10-9-12-6-8(13-9)7-3-2-4-11-5-7/h2-6H,1H3,(H,10,12). The van der Waals surface area contributed by atoms with Crippen LogP contribution in [0.15, 0.2) is 30.7 Å². The van der Waals surface area contributed by atoms with Crippen molar-refractivity contribution in [2.45, 2.75) is 0 Å². The minimum atomic E-state index is 0.929. The largest absolute Gasteiger partial charge is 0.365 e. The molecule has 0 saturated carbocycles. The SMILES string of the molecule is CNc1ncc(-c2cccnc2)s1. The van der Waals surface area contributed by atoms with Gasteiger partial charge in [0.05, 0.1) is 4.88 Å². The number of anilines is 1. The molecule has 0 bridgehead atoms. The fourth-order valence-corrected chi connectivity index (χ4v) is 1.79. The second kappa shape index (κ2) is 3.53. The van der Waals surface area contributed by atoms with E-state index in [0.717, 1.165) is 15.6 Å². The minimum absolute atomic E-state index is 0.929. The molecule has 0 atom stereocenters. The van der Waals surface area contributed by atoms with E-state index in [-0.39, 0.29) is 0 Å². The van der Waals surface area contributed by atoms with E-state index in [9.17, 15) is 0 Å². The van der Waals surface area contributed by atoms with Gasteiger partial charge in [0.1, 0.15) is 0 Å². The Hall–Kier alpha value is -1.42. The lowest BCUT2D eigenvalue weighted by Gasteiger charge is -1.92. The zero-order valence-electron chi connectivity index (χ0n) is 7.19. The van der Waals surface area contributed by atoms with E-state index in [0.29, 0.717) is 0 Å². The highest BCUT2D eigenvalue weighted by molar-refractivity contribution is 7.18. The summed E-state index contributed by atoms with van der Waals surface area (Å²) >= 11 is 1.62. The van der Waals surface area contributed by atoms with Crippen LogP contribution in [-0.2, 0) is 0 Å². The van der Waals surface area contributed by atoms with Crippen molar-refractivity contribution in [3.05, 3.63) is 30.7 Å². The molecule has 2 rings (SSSR count). The van der Waals surface area contributed by atoms with E-state index in [1.54, 1.807) is 17.5 Å². The molecule has 0 aromatic carbocycles. The smallest absolute Gasteiger partial charge is 0.182 e. The number of hydrogen-bond donors (Lipinski definition) is 1. The maximum Gasteiger partial charge on any atom is 0.182 e. The summed E-state index contributed by atoms with van der Waals surface area (Å²) in [5, 5.41) is 3.93.